The fraction of sp³-hybridized carbons (Fsp3) is 1.00. The van der Waals surface area contributed by atoms with Gasteiger partial charge in [-0.05, 0) is 17.5 Å². The van der Waals surface area contributed by atoms with E-state index in [1.54, 1.807) is 0 Å². The number of hydrogen-bond acceptors (Lipinski definition) is 0. The molecular formula is C16H31ClSi. The molecular weight excluding hydrogens is 256 g/mol. The molecule has 2 fully saturated rings. The SMILES string of the molecule is C[Si](Cl)(CC1CCCCCC1)C1CCCCCC1. The third-order valence-corrected chi connectivity index (χ3v) is 10.4. The van der Waals surface area contributed by atoms with Gasteiger partial charge in [0.05, 0.1) is 0 Å². The smallest absolute Gasteiger partial charge is 0.156 e. The van der Waals surface area contributed by atoms with Crippen LogP contribution in [0.3, 0.4) is 0 Å². The van der Waals surface area contributed by atoms with E-state index in [0.717, 1.165) is 11.5 Å². The van der Waals surface area contributed by atoms with Crippen molar-refractivity contribution in [3.8, 4) is 0 Å². The summed E-state index contributed by atoms with van der Waals surface area (Å²) < 4.78 is 0. The molecule has 0 aromatic rings. The molecule has 0 radical (unpaired) electrons. The van der Waals surface area contributed by atoms with Crippen molar-refractivity contribution in [2.24, 2.45) is 5.92 Å². The highest BCUT2D eigenvalue weighted by Crippen LogP contribution is 2.43. The first-order chi connectivity index (χ1) is 8.68. The van der Waals surface area contributed by atoms with Crippen LogP contribution in [0.2, 0.25) is 18.1 Å². The zero-order valence-corrected chi connectivity index (χ0v) is 14.0. The van der Waals surface area contributed by atoms with Crippen LogP contribution in [0.25, 0.3) is 0 Å². The van der Waals surface area contributed by atoms with Gasteiger partial charge < -0.3 is 0 Å². The van der Waals surface area contributed by atoms with Gasteiger partial charge in [0, 0.05) is 0 Å². The normalized spacial score (nSPS) is 28.3. The standard InChI is InChI=1S/C16H31ClSi/c1-18(17,16-12-8-4-5-9-13-16)14-15-10-6-2-3-7-11-15/h15-16H,2-14H2,1H3. The highest BCUT2D eigenvalue weighted by molar-refractivity contribution is 7.20. The van der Waals surface area contributed by atoms with Crippen molar-refractivity contribution < 1.29 is 0 Å². The van der Waals surface area contributed by atoms with Crippen LogP contribution in [-0.2, 0) is 0 Å². The van der Waals surface area contributed by atoms with Crippen molar-refractivity contribution >= 4 is 18.5 Å². The molecule has 0 nitrogen and oxygen atoms in total. The first-order valence-electron chi connectivity index (χ1n) is 8.37. The van der Waals surface area contributed by atoms with Gasteiger partial charge in [-0.1, -0.05) is 83.6 Å². The second kappa shape index (κ2) is 7.33. The van der Waals surface area contributed by atoms with Crippen LogP contribution in [0.5, 0.6) is 0 Å². The highest BCUT2D eigenvalue weighted by Gasteiger charge is 2.37. The van der Waals surface area contributed by atoms with E-state index < -0.39 is 7.38 Å². The van der Waals surface area contributed by atoms with Crippen LogP contribution in [-0.4, -0.2) is 7.38 Å². The number of halogens is 1. The van der Waals surface area contributed by atoms with E-state index in [0.29, 0.717) is 0 Å². The van der Waals surface area contributed by atoms with E-state index >= 15 is 0 Å². The Balaban J connectivity index is 1.87. The molecule has 0 aromatic heterocycles. The van der Waals surface area contributed by atoms with Gasteiger partial charge >= 0.3 is 0 Å². The molecule has 2 heteroatoms. The molecule has 1 atom stereocenters. The monoisotopic (exact) mass is 286 g/mol. The lowest BCUT2D eigenvalue weighted by Crippen LogP contribution is -2.32. The third-order valence-electron chi connectivity index (χ3n) is 5.37. The van der Waals surface area contributed by atoms with Gasteiger partial charge in [0.15, 0.2) is 7.38 Å². The molecule has 0 saturated heterocycles. The van der Waals surface area contributed by atoms with Crippen molar-refractivity contribution in [2.75, 3.05) is 0 Å². The van der Waals surface area contributed by atoms with Crippen LogP contribution in [0.4, 0.5) is 0 Å². The maximum absolute atomic E-state index is 7.11. The number of hydrogen-bond donors (Lipinski definition) is 0. The first-order valence-corrected chi connectivity index (χ1v) is 12.2. The van der Waals surface area contributed by atoms with Gasteiger partial charge in [0.1, 0.15) is 0 Å². The molecule has 2 aliphatic rings. The largest absolute Gasteiger partial charge is 0.167 e. The lowest BCUT2D eigenvalue weighted by molar-refractivity contribution is 0.494. The predicted octanol–water partition coefficient (Wildman–Crippen LogP) is 6.50. The van der Waals surface area contributed by atoms with Crippen molar-refractivity contribution in [3.05, 3.63) is 0 Å². The number of rotatable bonds is 3. The summed E-state index contributed by atoms with van der Waals surface area (Å²) in [5.74, 6) is 0.977. The average molecular weight is 287 g/mol. The summed E-state index contributed by atoms with van der Waals surface area (Å²) in [5, 5.41) is 0. The van der Waals surface area contributed by atoms with Crippen molar-refractivity contribution in [2.45, 2.75) is 95.2 Å². The van der Waals surface area contributed by atoms with E-state index in [1.807, 2.05) is 0 Å². The molecule has 0 heterocycles. The molecule has 0 spiro atoms. The van der Waals surface area contributed by atoms with Gasteiger partial charge in [-0.25, -0.2) is 0 Å². The summed E-state index contributed by atoms with van der Waals surface area (Å²) in [6.07, 6.45) is 17.5. The van der Waals surface area contributed by atoms with Gasteiger partial charge in [-0.3, -0.25) is 0 Å². The minimum atomic E-state index is -1.47. The maximum atomic E-state index is 7.11. The molecule has 0 N–H and O–H groups in total. The Bertz CT molecular complexity index is 223. The third kappa shape index (κ3) is 4.56. The van der Waals surface area contributed by atoms with Gasteiger partial charge in [-0.2, -0.15) is 11.1 Å². The van der Waals surface area contributed by atoms with Crippen LogP contribution in [0.15, 0.2) is 0 Å². The molecule has 2 saturated carbocycles. The van der Waals surface area contributed by atoms with Crippen LogP contribution in [0, 0.1) is 5.92 Å². The van der Waals surface area contributed by atoms with Gasteiger partial charge in [-0.15, -0.1) is 0 Å². The van der Waals surface area contributed by atoms with Crippen LogP contribution in [0.1, 0.15) is 77.0 Å². The average Bonchev–Trinajstić information content (AvgIpc) is 2.72. The fourth-order valence-corrected chi connectivity index (χ4v) is 8.97. The summed E-state index contributed by atoms with van der Waals surface area (Å²) in [4.78, 5) is 0. The Kier molecular flexibility index (Phi) is 6.07. The van der Waals surface area contributed by atoms with Crippen molar-refractivity contribution in [1.82, 2.24) is 0 Å². The topological polar surface area (TPSA) is 0 Å². The Morgan fingerprint density at radius 1 is 0.778 bits per heavy atom. The summed E-state index contributed by atoms with van der Waals surface area (Å²) in [7, 11) is -1.47. The Labute approximate surface area is 120 Å². The van der Waals surface area contributed by atoms with E-state index in [2.05, 4.69) is 6.55 Å². The van der Waals surface area contributed by atoms with Gasteiger partial charge in [0.25, 0.3) is 0 Å². The minimum Gasteiger partial charge on any atom is -0.167 e. The van der Waals surface area contributed by atoms with Crippen molar-refractivity contribution in [3.63, 3.8) is 0 Å². The lowest BCUT2D eigenvalue weighted by Gasteiger charge is -2.32. The molecule has 0 aliphatic heterocycles. The molecule has 1 unspecified atom stereocenters. The second-order valence-electron chi connectivity index (χ2n) is 7.03. The molecule has 2 rings (SSSR count). The first kappa shape index (κ1) is 14.9. The highest BCUT2D eigenvalue weighted by atomic mass is 35.6. The van der Waals surface area contributed by atoms with E-state index in [-0.39, 0.29) is 0 Å². The minimum absolute atomic E-state index is 0.921. The quantitative estimate of drug-likeness (QED) is 0.316. The van der Waals surface area contributed by atoms with Crippen molar-refractivity contribution in [1.29, 1.82) is 0 Å². The van der Waals surface area contributed by atoms with E-state index in [9.17, 15) is 0 Å². The summed E-state index contributed by atoms with van der Waals surface area (Å²) >= 11 is 7.11. The Hall–Kier alpha value is 0.507. The predicted molar refractivity (Wildman–Crippen MR) is 84.9 cm³/mol. The van der Waals surface area contributed by atoms with E-state index in [1.165, 1.54) is 83.1 Å². The van der Waals surface area contributed by atoms with Crippen LogP contribution < -0.4 is 0 Å². The summed E-state index contributed by atoms with van der Waals surface area (Å²) in [5.41, 5.74) is 0.921. The summed E-state index contributed by atoms with van der Waals surface area (Å²) in [6.45, 7) is 2.48. The fourth-order valence-electron chi connectivity index (χ4n) is 4.18. The van der Waals surface area contributed by atoms with E-state index in [4.69, 9.17) is 11.1 Å². The lowest BCUT2D eigenvalue weighted by atomic mass is 10.0. The molecule has 0 bridgehead atoms. The Morgan fingerprint density at radius 2 is 1.22 bits per heavy atom. The summed E-state index contributed by atoms with van der Waals surface area (Å²) in [6, 6.07) is 1.42. The molecule has 18 heavy (non-hydrogen) atoms. The Morgan fingerprint density at radius 3 is 1.72 bits per heavy atom. The molecule has 0 amide bonds. The maximum Gasteiger partial charge on any atom is 0.156 e. The van der Waals surface area contributed by atoms with Crippen LogP contribution >= 0.6 is 11.1 Å². The molecule has 0 aromatic carbocycles. The zero-order valence-electron chi connectivity index (χ0n) is 12.2. The molecule has 2 aliphatic carbocycles. The second-order valence-corrected chi connectivity index (χ2v) is 13.4. The van der Waals surface area contributed by atoms with Gasteiger partial charge in [0.2, 0.25) is 0 Å². The zero-order chi connectivity index (χ0) is 12.8. The molecule has 106 valence electrons.